The van der Waals surface area contributed by atoms with Gasteiger partial charge in [0.2, 0.25) is 5.65 Å². The Morgan fingerprint density at radius 3 is 2.60 bits per heavy atom. The molecule has 0 aliphatic carbocycles. The molecule has 1 atom stereocenters. The molecule has 1 aromatic carbocycles. The van der Waals surface area contributed by atoms with E-state index in [2.05, 4.69) is 22.2 Å². The van der Waals surface area contributed by atoms with Crippen LogP contribution in [-0.4, -0.2) is 26.3 Å². The Labute approximate surface area is 174 Å². The van der Waals surface area contributed by atoms with E-state index < -0.39 is 11.6 Å². The number of unbranched alkanes of at least 4 members (excludes halogenated alkanes) is 1. The molecule has 1 N–H and O–H groups in total. The fourth-order valence-corrected chi connectivity index (χ4v) is 3.30. The summed E-state index contributed by atoms with van der Waals surface area (Å²) in [5.74, 6) is -1.52. The summed E-state index contributed by atoms with van der Waals surface area (Å²) in [5.41, 5.74) is 1.62. The van der Waals surface area contributed by atoms with Gasteiger partial charge in [-0.15, -0.1) is 0 Å². The summed E-state index contributed by atoms with van der Waals surface area (Å²) in [4.78, 5) is 21.6. The first-order valence-corrected chi connectivity index (χ1v) is 10.0. The van der Waals surface area contributed by atoms with E-state index in [-0.39, 0.29) is 30.0 Å². The van der Waals surface area contributed by atoms with Gasteiger partial charge in [0.15, 0.2) is 0 Å². The zero-order chi connectivity index (χ0) is 21.8. The molecule has 2 aromatic heterocycles. The number of carbonyl (C=O) groups is 1. The molecule has 0 fully saturated rings. The van der Waals surface area contributed by atoms with Crippen molar-refractivity contribution in [1.29, 1.82) is 0 Å². The van der Waals surface area contributed by atoms with Crippen LogP contribution in [0.15, 0.2) is 24.4 Å². The van der Waals surface area contributed by atoms with Gasteiger partial charge in [0, 0.05) is 12.2 Å². The quantitative estimate of drug-likeness (QED) is 0.587. The number of ether oxygens (including phenoxy) is 1. The van der Waals surface area contributed by atoms with E-state index in [0.29, 0.717) is 22.7 Å². The lowest BCUT2D eigenvalue weighted by Gasteiger charge is -2.14. The molecule has 0 aliphatic rings. The number of carbonyl (C=O) groups excluding carboxylic acids is 1. The number of rotatable bonds is 8. The Hall–Kier alpha value is -3.03. The van der Waals surface area contributed by atoms with Crippen LogP contribution in [0, 0.1) is 25.5 Å². The number of fused-ring (bicyclic) bond motifs is 1. The minimum Gasteiger partial charge on any atom is -0.470 e. The van der Waals surface area contributed by atoms with Crippen molar-refractivity contribution in [2.75, 3.05) is 0 Å². The van der Waals surface area contributed by atoms with E-state index in [1.54, 1.807) is 24.4 Å². The van der Waals surface area contributed by atoms with Gasteiger partial charge in [0.05, 0.1) is 17.0 Å². The van der Waals surface area contributed by atoms with E-state index in [1.165, 1.54) is 18.2 Å². The van der Waals surface area contributed by atoms with Gasteiger partial charge < -0.3 is 10.1 Å². The molecule has 0 saturated carbocycles. The lowest BCUT2D eigenvalue weighted by Crippen LogP contribution is -2.33. The summed E-state index contributed by atoms with van der Waals surface area (Å²) in [6.07, 6.45) is 4.67. The SMILES string of the molecule is CCCCC(C)NC(=O)c1c(C)nc2c(OCc3c(F)cccc3F)nc(C)cn12. The molecular formula is C22H26F2N4O2. The van der Waals surface area contributed by atoms with Gasteiger partial charge in [-0.25, -0.2) is 18.7 Å². The van der Waals surface area contributed by atoms with Gasteiger partial charge in [-0.2, -0.15) is 0 Å². The molecule has 8 heteroatoms. The molecule has 30 heavy (non-hydrogen) atoms. The molecule has 0 bridgehead atoms. The van der Waals surface area contributed by atoms with Crippen molar-refractivity contribution in [1.82, 2.24) is 19.7 Å². The number of aryl methyl sites for hydroxylation is 2. The lowest BCUT2D eigenvalue weighted by molar-refractivity contribution is 0.0931. The Kier molecular flexibility index (Phi) is 6.64. The maximum Gasteiger partial charge on any atom is 0.270 e. The third-order valence-corrected chi connectivity index (χ3v) is 4.87. The Morgan fingerprint density at radius 1 is 1.23 bits per heavy atom. The largest absolute Gasteiger partial charge is 0.470 e. The van der Waals surface area contributed by atoms with Crippen molar-refractivity contribution in [3.63, 3.8) is 0 Å². The predicted octanol–water partition coefficient (Wildman–Crippen LogP) is 4.51. The number of halogens is 2. The second kappa shape index (κ2) is 9.19. The average molecular weight is 416 g/mol. The summed E-state index contributed by atoms with van der Waals surface area (Å²) in [6.45, 7) is 7.21. The number of amides is 1. The summed E-state index contributed by atoms with van der Waals surface area (Å²) in [5, 5.41) is 3.00. The first kappa shape index (κ1) is 21.7. The van der Waals surface area contributed by atoms with Crippen LogP contribution in [0.25, 0.3) is 5.65 Å². The second-order valence-electron chi connectivity index (χ2n) is 7.43. The summed E-state index contributed by atoms with van der Waals surface area (Å²) >= 11 is 0. The molecule has 1 amide bonds. The van der Waals surface area contributed by atoms with Crippen molar-refractivity contribution in [3.8, 4) is 5.88 Å². The highest BCUT2D eigenvalue weighted by molar-refractivity contribution is 5.95. The van der Waals surface area contributed by atoms with Crippen molar-refractivity contribution < 1.29 is 18.3 Å². The molecule has 1 unspecified atom stereocenters. The smallest absolute Gasteiger partial charge is 0.270 e. The fraction of sp³-hybridized carbons (Fsp3) is 0.409. The van der Waals surface area contributed by atoms with Gasteiger partial charge in [-0.05, 0) is 39.3 Å². The van der Waals surface area contributed by atoms with E-state index in [0.717, 1.165) is 19.3 Å². The normalized spacial score (nSPS) is 12.2. The molecule has 6 nitrogen and oxygen atoms in total. The van der Waals surface area contributed by atoms with Crippen molar-refractivity contribution in [3.05, 3.63) is 58.7 Å². The van der Waals surface area contributed by atoms with Crippen LogP contribution in [-0.2, 0) is 6.61 Å². The first-order chi connectivity index (χ1) is 14.3. The molecular weight excluding hydrogens is 390 g/mol. The molecule has 2 heterocycles. The van der Waals surface area contributed by atoms with Crippen LogP contribution >= 0.6 is 0 Å². The predicted molar refractivity (Wildman–Crippen MR) is 110 cm³/mol. The van der Waals surface area contributed by atoms with Gasteiger partial charge in [-0.3, -0.25) is 9.20 Å². The highest BCUT2D eigenvalue weighted by Crippen LogP contribution is 2.23. The van der Waals surface area contributed by atoms with Crippen molar-refractivity contribution in [2.24, 2.45) is 0 Å². The number of benzene rings is 1. The number of nitrogens with zero attached hydrogens (tertiary/aromatic N) is 3. The summed E-state index contributed by atoms with van der Waals surface area (Å²) in [6, 6.07) is 3.66. The fourth-order valence-electron chi connectivity index (χ4n) is 3.30. The topological polar surface area (TPSA) is 68.5 Å². The minimum atomic E-state index is -0.695. The maximum absolute atomic E-state index is 13.9. The molecule has 3 aromatic rings. The second-order valence-corrected chi connectivity index (χ2v) is 7.43. The van der Waals surface area contributed by atoms with E-state index in [1.807, 2.05) is 6.92 Å². The van der Waals surface area contributed by atoms with Gasteiger partial charge in [-0.1, -0.05) is 25.8 Å². The number of aromatic nitrogens is 3. The molecule has 160 valence electrons. The van der Waals surface area contributed by atoms with Crippen LogP contribution in [0.4, 0.5) is 8.78 Å². The van der Waals surface area contributed by atoms with Crippen LogP contribution < -0.4 is 10.1 Å². The zero-order valence-electron chi connectivity index (χ0n) is 17.6. The van der Waals surface area contributed by atoms with Gasteiger partial charge in [0.25, 0.3) is 11.8 Å². The summed E-state index contributed by atoms with van der Waals surface area (Å²) < 4.78 is 35.1. The van der Waals surface area contributed by atoms with Crippen LogP contribution in [0.1, 0.15) is 60.5 Å². The standard InChI is InChI=1S/C22H26F2N4O2/c1-5-6-8-13(2)25-21(29)19-15(4)27-20-22(26-14(3)11-28(19)20)30-12-16-17(23)9-7-10-18(16)24/h7,9-11,13H,5-6,8,12H2,1-4H3,(H,25,29). The number of imidazole rings is 1. The van der Waals surface area contributed by atoms with Crippen LogP contribution in [0.3, 0.4) is 0 Å². The molecule has 0 spiro atoms. The minimum absolute atomic E-state index is 0.0325. The molecule has 3 rings (SSSR count). The Morgan fingerprint density at radius 2 is 1.93 bits per heavy atom. The van der Waals surface area contributed by atoms with Crippen molar-refractivity contribution in [2.45, 2.75) is 59.6 Å². The van der Waals surface area contributed by atoms with E-state index >= 15 is 0 Å². The third kappa shape index (κ3) is 4.58. The Bertz CT molecular complexity index is 1040. The molecule has 0 radical (unpaired) electrons. The highest BCUT2D eigenvalue weighted by atomic mass is 19.1. The average Bonchev–Trinajstić information content (AvgIpc) is 3.01. The summed E-state index contributed by atoms with van der Waals surface area (Å²) in [7, 11) is 0. The Balaban J connectivity index is 1.91. The molecule has 0 saturated heterocycles. The lowest BCUT2D eigenvalue weighted by atomic mass is 10.1. The van der Waals surface area contributed by atoms with Crippen LogP contribution in [0.5, 0.6) is 5.88 Å². The third-order valence-electron chi connectivity index (χ3n) is 4.87. The first-order valence-electron chi connectivity index (χ1n) is 10.0. The molecule has 0 aliphatic heterocycles. The van der Waals surface area contributed by atoms with E-state index in [4.69, 9.17) is 4.74 Å². The van der Waals surface area contributed by atoms with E-state index in [9.17, 15) is 13.6 Å². The zero-order valence-corrected chi connectivity index (χ0v) is 17.6. The van der Waals surface area contributed by atoms with Gasteiger partial charge in [0.1, 0.15) is 23.9 Å². The number of hydrogen-bond donors (Lipinski definition) is 1. The highest BCUT2D eigenvalue weighted by Gasteiger charge is 2.22. The van der Waals surface area contributed by atoms with Crippen molar-refractivity contribution >= 4 is 11.6 Å². The monoisotopic (exact) mass is 416 g/mol. The number of hydrogen-bond acceptors (Lipinski definition) is 4. The van der Waals surface area contributed by atoms with Crippen LogP contribution in [0.2, 0.25) is 0 Å². The van der Waals surface area contributed by atoms with Gasteiger partial charge >= 0.3 is 0 Å². The maximum atomic E-state index is 13.9. The number of nitrogens with one attached hydrogen (secondary N) is 1.